The maximum absolute atomic E-state index is 12.4. The summed E-state index contributed by atoms with van der Waals surface area (Å²) in [5.74, 6) is 0. The maximum Gasteiger partial charge on any atom is 0.319 e. The van der Waals surface area contributed by atoms with Crippen LogP contribution in [-0.2, 0) is 5.54 Å². The standard InChI is InChI=1S/C19H27N5O/c1-19(2,3)24-13-15(12-20-24)21-18(25)22-16-10-11-23(4)17(16)14-8-6-5-7-9-14/h5-9,12-13,16-17H,10-11H2,1-4H3,(H2,21,22,25)/t16-,17+/m1/s1. The highest BCUT2D eigenvalue weighted by Crippen LogP contribution is 2.30. The van der Waals surface area contributed by atoms with E-state index < -0.39 is 0 Å². The number of likely N-dealkylation sites (N-methyl/N-ethyl adjacent to an activating group) is 1. The second-order valence-electron chi connectivity index (χ2n) is 7.67. The van der Waals surface area contributed by atoms with Gasteiger partial charge in [-0.05, 0) is 39.8 Å². The van der Waals surface area contributed by atoms with Crippen molar-refractivity contribution in [1.29, 1.82) is 0 Å². The fourth-order valence-corrected chi connectivity index (χ4v) is 3.32. The van der Waals surface area contributed by atoms with Gasteiger partial charge in [-0.15, -0.1) is 0 Å². The number of hydrogen-bond acceptors (Lipinski definition) is 3. The molecule has 6 heteroatoms. The Bertz CT molecular complexity index is 719. The second kappa shape index (κ2) is 6.88. The molecule has 1 aromatic carbocycles. The zero-order valence-electron chi connectivity index (χ0n) is 15.4. The first-order valence-corrected chi connectivity index (χ1v) is 8.72. The number of carbonyl (C=O) groups excluding carboxylic acids is 1. The molecule has 134 valence electrons. The Morgan fingerprint density at radius 1 is 1.24 bits per heavy atom. The van der Waals surface area contributed by atoms with Crippen molar-refractivity contribution in [3.8, 4) is 0 Å². The molecule has 0 aliphatic carbocycles. The van der Waals surface area contributed by atoms with Crippen LogP contribution in [0.15, 0.2) is 42.7 Å². The van der Waals surface area contributed by atoms with Crippen molar-refractivity contribution >= 4 is 11.7 Å². The molecule has 1 saturated heterocycles. The van der Waals surface area contributed by atoms with Gasteiger partial charge in [0.15, 0.2) is 0 Å². The fraction of sp³-hybridized carbons (Fsp3) is 0.474. The van der Waals surface area contributed by atoms with E-state index in [0.29, 0.717) is 5.69 Å². The van der Waals surface area contributed by atoms with Crippen LogP contribution in [0.5, 0.6) is 0 Å². The molecule has 2 atom stereocenters. The molecule has 2 aromatic rings. The van der Waals surface area contributed by atoms with Crippen LogP contribution in [0.1, 0.15) is 38.8 Å². The van der Waals surface area contributed by atoms with E-state index in [4.69, 9.17) is 0 Å². The topological polar surface area (TPSA) is 62.2 Å². The van der Waals surface area contributed by atoms with Gasteiger partial charge in [-0.3, -0.25) is 9.58 Å². The van der Waals surface area contributed by atoms with Crippen molar-refractivity contribution in [2.75, 3.05) is 18.9 Å². The van der Waals surface area contributed by atoms with Crippen LogP contribution < -0.4 is 10.6 Å². The molecular formula is C19H27N5O. The average molecular weight is 341 g/mol. The van der Waals surface area contributed by atoms with Gasteiger partial charge in [-0.25, -0.2) is 4.79 Å². The highest BCUT2D eigenvalue weighted by atomic mass is 16.2. The minimum atomic E-state index is -0.185. The van der Waals surface area contributed by atoms with Crippen LogP contribution in [0.2, 0.25) is 0 Å². The van der Waals surface area contributed by atoms with Gasteiger partial charge in [0, 0.05) is 12.7 Å². The first-order valence-electron chi connectivity index (χ1n) is 8.72. The molecule has 0 spiro atoms. The molecule has 0 bridgehead atoms. The van der Waals surface area contributed by atoms with E-state index in [1.165, 1.54) is 5.56 Å². The van der Waals surface area contributed by atoms with Gasteiger partial charge in [0.1, 0.15) is 0 Å². The molecule has 1 aromatic heterocycles. The Morgan fingerprint density at radius 2 is 1.96 bits per heavy atom. The number of amides is 2. The lowest BCUT2D eigenvalue weighted by Crippen LogP contribution is -2.41. The number of carbonyl (C=O) groups is 1. The van der Waals surface area contributed by atoms with Crippen molar-refractivity contribution in [2.24, 2.45) is 0 Å². The number of hydrogen-bond donors (Lipinski definition) is 2. The molecule has 0 radical (unpaired) electrons. The Labute approximate surface area is 149 Å². The third kappa shape index (κ3) is 4.02. The number of aromatic nitrogens is 2. The van der Waals surface area contributed by atoms with Gasteiger partial charge in [0.25, 0.3) is 0 Å². The van der Waals surface area contributed by atoms with E-state index >= 15 is 0 Å². The van der Waals surface area contributed by atoms with E-state index in [2.05, 4.69) is 60.6 Å². The summed E-state index contributed by atoms with van der Waals surface area (Å²) in [6.45, 7) is 7.18. The Kier molecular flexibility index (Phi) is 4.81. The number of nitrogens with one attached hydrogen (secondary N) is 2. The third-order valence-electron chi connectivity index (χ3n) is 4.63. The summed E-state index contributed by atoms with van der Waals surface area (Å²) in [5, 5.41) is 10.3. The minimum absolute atomic E-state index is 0.0880. The quantitative estimate of drug-likeness (QED) is 0.901. The van der Waals surface area contributed by atoms with Crippen LogP contribution in [0.4, 0.5) is 10.5 Å². The number of rotatable bonds is 3. The maximum atomic E-state index is 12.4. The van der Waals surface area contributed by atoms with Crippen LogP contribution in [0.3, 0.4) is 0 Å². The van der Waals surface area contributed by atoms with E-state index in [1.807, 2.05) is 29.1 Å². The van der Waals surface area contributed by atoms with Crippen molar-refractivity contribution < 1.29 is 4.79 Å². The summed E-state index contributed by atoms with van der Waals surface area (Å²) in [5.41, 5.74) is 1.83. The van der Waals surface area contributed by atoms with Gasteiger partial charge < -0.3 is 10.6 Å². The zero-order chi connectivity index (χ0) is 18.0. The van der Waals surface area contributed by atoms with Crippen molar-refractivity contribution in [2.45, 2.75) is 44.8 Å². The van der Waals surface area contributed by atoms with E-state index in [9.17, 15) is 4.79 Å². The lowest BCUT2D eigenvalue weighted by Gasteiger charge is -2.26. The molecule has 0 unspecified atom stereocenters. The van der Waals surface area contributed by atoms with Gasteiger partial charge in [-0.1, -0.05) is 30.3 Å². The summed E-state index contributed by atoms with van der Waals surface area (Å²) in [6.07, 6.45) is 4.47. The van der Waals surface area contributed by atoms with Crippen LogP contribution in [-0.4, -0.2) is 40.3 Å². The van der Waals surface area contributed by atoms with E-state index in [0.717, 1.165) is 13.0 Å². The molecule has 1 aliphatic heterocycles. The molecule has 25 heavy (non-hydrogen) atoms. The van der Waals surface area contributed by atoms with Crippen molar-refractivity contribution in [3.05, 3.63) is 48.3 Å². The molecular weight excluding hydrogens is 314 g/mol. The Morgan fingerprint density at radius 3 is 2.60 bits per heavy atom. The number of urea groups is 1. The summed E-state index contributed by atoms with van der Waals surface area (Å²) >= 11 is 0. The highest BCUT2D eigenvalue weighted by molar-refractivity contribution is 5.89. The Balaban J connectivity index is 1.65. The first kappa shape index (κ1) is 17.5. The number of likely N-dealkylation sites (tertiary alicyclic amines) is 1. The summed E-state index contributed by atoms with van der Waals surface area (Å²) in [7, 11) is 2.10. The van der Waals surface area contributed by atoms with Crippen molar-refractivity contribution in [3.63, 3.8) is 0 Å². The van der Waals surface area contributed by atoms with Crippen LogP contribution in [0, 0.1) is 0 Å². The van der Waals surface area contributed by atoms with Gasteiger partial charge in [0.05, 0.1) is 29.5 Å². The molecule has 1 aliphatic rings. The molecule has 2 N–H and O–H groups in total. The minimum Gasteiger partial charge on any atom is -0.333 e. The van der Waals surface area contributed by atoms with Gasteiger partial charge in [0.2, 0.25) is 0 Å². The largest absolute Gasteiger partial charge is 0.333 e. The number of anilines is 1. The van der Waals surface area contributed by atoms with Gasteiger partial charge in [-0.2, -0.15) is 5.10 Å². The van der Waals surface area contributed by atoms with Crippen LogP contribution >= 0.6 is 0 Å². The molecule has 2 heterocycles. The average Bonchev–Trinajstić information content (AvgIpc) is 3.15. The zero-order valence-corrected chi connectivity index (χ0v) is 15.4. The number of nitrogens with zero attached hydrogens (tertiary/aromatic N) is 3. The summed E-state index contributed by atoms with van der Waals surface area (Å²) in [6, 6.07) is 10.4. The lowest BCUT2D eigenvalue weighted by molar-refractivity contribution is 0.240. The highest BCUT2D eigenvalue weighted by Gasteiger charge is 2.33. The fourth-order valence-electron chi connectivity index (χ4n) is 3.32. The van der Waals surface area contributed by atoms with Crippen molar-refractivity contribution in [1.82, 2.24) is 20.0 Å². The predicted octanol–water partition coefficient (Wildman–Crippen LogP) is 3.21. The van der Waals surface area contributed by atoms with Crippen LogP contribution in [0.25, 0.3) is 0 Å². The second-order valence-corrected chi connectivity index (χ2v) is 7.67. The van der Waals surface area contributed by atoms with E-state index in [-0.39, 0.29) is 23.7 Å². The van der Waals surface area contributed by atoms with Gasteiger partial charge >= 0.3 is 6.03 Å². The molecule has 6 nitrogen and oxygen atoms in total. The third-order valence-corrected chi connectivity index (χ3v) is 4.63. The monoisotopic (exact) mass is 341 g/mol. The summed E-state index contributed by atoms with van der Waals surface area (Å²) in [4.78, 5) is 14.7. The normalized spacial score (nSPS) is 21.3. The molecule has 2 amide bonds. The SMILES string of the molecule is CN1CC[C@@H](NC(=O)Nc2cnn(C(C)(C)C)c2)[C@@H]1c1ccccc1. The molecule has 0 saturated carbocycles. The molecule has 1 fully saturated rings. The smallest absolute Gasteiger partial charge is 0.319 e. The lowest BCUT2D eigenvalue weighted by atomic mass is 10.0. The first-order chi connectivity index (χ1) is 11.8. The Hall–Kier alpha value is -2.34. The van der Waals surface area contributed by atoms with E-state index in [1.54, 1.807) is 6.20 Å². The molecule has 3 rings (SSSR count). The number of benzene rings is 1. The summed E-state index contributed by atoms with van der Waals surface area (Å²) < 4.78 is 1.85. The predicted molar refractivity (Wildman–Crippen MR) is 99.6 cm³/mol.